The minimum atomic E-state index is -2.58. The number of aliphatic hydroxyl groups is 1. The zero-order valence-electron chi connectivity index (χ0n) is 13.2. The predicted octanol–water partition coefficient (Wildman–Crippen LogP) is 3.48. The largest absolute Gasteiger partial charge is 0.514 e. The van der Waals surface area contributed by atoms with Crippen molar-refractivity contribution in [3.63, 3.8) is 0 Å². The Morgan fingerprint density at radius 3 is 2.76 bits per heavy atom. The van der Waals surface area contributed by atoms with Crippen LogP contribution in [0.4, 0.5) is 8.78 Å². The van der Waals surface area contributed by atoms with E-state index in [4.69, 9.17) is 28.3 Å². The maximum atomic E-state index is 12.5. The van der Waals surface area contributed by atoms with E-state index in [-0.39, 0.29) is 29.9 Å². The molecule has 0 radical (unpaired) electrons. The Kier molecular flexibility index (Phi) is 9.08. The first-order chi connectivity index (χ1) is 11.9. The van der Waals surface area contributed by atoms with Gasteiger partial charge in [0.1, 0.15) is 0 Å². The van der Waals surface area contributed by atoms with Gasteiger partial charge in [-0.05, 0) is 30.0 Å². The molecule has 9 heteroatoms. The van der Waals surface area contributed by atoms with Crippen LogP contribution in [0.5, 0.6) is 0 Å². The van der Waals surface area contributed by atoms with E-state index in [1.807, 2.05) is 0 Å². The Hall–Kier alpha value is -1.99. The lowest BCUT2D eigenvalue weighted by Gasteiger charge is -2.17. The zero-order chi connectivity index (χ0) is 18.8. The second kappa shape index (κ2) is 10.8. The van der Waals surface area contributed by atoms with Crippen molar-refractivity contribution >= 4 is 42.0 Å². The maximum Gasteiger partial charge on any atom is 0.257 e. The van der Waals surface area contributed by atoms with Crippen LogP contribution in [0.15, 0.2) is 56.4 Å². The average Bonchev–Trinajstić information content (AvgIpc) is 2.87. The summed E-state index contributed by atoms with van der Waals surface area (Å²) in [7, 11) is 0. The molecule has 0 atom stereocenters. The SMILES string of the molecule is C=N/C=C\C1=C(CCl)CN(CC(/C=N\CC(F)F)=C/C(Cl)=C/O)C1=O. The van der Waals surface area contributed by atoms with E-state index in [2.05, 4.69) is 16.7 Å². The van der Waals surface area contributed by atoms with Gasteiger partial charge in [-0.1, -0.05) is 11.6 Å². The lowest BCUT2D eigenvalue weighted by atomic mass is 10.2. The van der Waals surface area contributed by atoms with Gasteiger partial charge in [0.05, 0.1) is 17.8 Å². The molecule has 1 rings (SSSR count). The summed E-state index contributed by atoms with van der Waals surface area (Å²) < 4.78 is 24.5. The molecule has 0 aromatic carbocycles. The number of nitrogens with zero attached hydrogens (tertiary/aromatic N) is 3. The lowest BCUT2D eigenvalue weighted by Crippen LogP contribution is -2.29. The summed E-state index contributed by atoms with van der Waals surface area (Å²) in [5, 5.41) is 8.87. The number of hydrogen-bond acceptors (Lipinski definition) is 4. The van der Waals surface area contributed by atoms with Crippen LogP contribution >= 0.6 is 23.2 Å². The summed E-state index contributed by atoms with van der Waals surface area (Å²) in [6.07, 6.45) is 3.51. The van der Waals surface area contributed by atoms with Crippen LogP contribution in [0.3, 0.4) is 0 Å². The van der Waals surface area contributed by atoms with Crippen LogP contribution in [-0.2, 0) is 4.79 Å². The van der Waals surface area contributed by atoms with Gasteiger partial charge in [-0.3, -0.25) is 14.8 Å². The number of allylic oxidation sites excluding steroid dienone is 2. The number of aliphatic imine (C=N–C) groups is 2. The summed E-state index contributed by atoms with van der Waals surface area (Å²) >= 11 is 11.6. The van der Waals surface area contributed by atoms with Crippen LogP contribution in [0, 0.1) is 0 Å². The van der Waals surface area contributed by atoms with Gasteiger partial charge in [0, 0.05) is 37.0 Å². The number of carbonyl (C=O) groups is 1. The molecule has 0 fully saturated rings. The van der Waals surface area contributed by atoms with Crippen molar-refractivity contribution in [3.05, 3.63) is 46.4 Å². The molecular weight excluding hydrogens is 375 g/mol. The normalized spacial score (nSPS) is 17.0. The molecule has 0 spiro atoms. The minimum Gasteiger partial charge on any atom is -0.514 e. The van der Waals surface area contributed by atoms with E-state index in [0.29, 0.717) is 23.0 Å². The molecule has 136 valence electrons. The van der Waals surface area contributed by atoms with Gasteiger partial charge in [-0.15, -0.1) is 11.6 Å². The lowest BCUT2D eigenvalue weighted by molar-refractivity contribution is -0.124. The van der Waals surface area contributed by atoms with Gasteiger partial charge >= 0.3 is 0 Å². The molecule has 0 saturated carbocycles. The summed E-state index contributed by atoms with van der Waals surface area (Å²) in [6, 6.07) is 0. The second-order valence-corrected chi connectivity index (χ2v) is 5.63. The molecule has 25 heavy (non-hydrogen) atoms. The molecule has 5 nitrogen and oxygen atoms in total. The number of rotatable bonds is 9. The van der Waals surface area contributed by atoms with E-state index in [1.165, 1.54) is 29.5 Å². The van der Waals surface area contributed by atoms with Crippen molar-refractivity contribution in [3.8, 4) is 0 Å². The van der Waals surface area contributed by atoms with Gasteiger partial charge in [0.25, 0.3) is 12.3 Å². The van der Waals surface area contributed by atoms with E-state index in [9.17, 15) is 13.6 Å². The summed E-state index contributed by atoms with van der Waals surface area (Å²) in [5.41, 5.74) is 1.50. The summed E-state index contributed by atoms with van der Waals surface area (Å²) in [5.74, 6) is -0.123. The van der Waals surface area contributed by atoms with E-state index in [0.717, 1.165) is 0 Å². The molecular formula is C16H17Cl2F2N3O2. The highest BCUT2D eigenvalue weighted by Gasteiger charge is 2.28. The first-order valence-corrected chi connectivity index (χ1v) is 8.02. The molecule has 0 aromatic rings. The van der Waals surface area contributed by atoms with E-state index >= 15 is 0 Å². The molecule has 1 heterocycles. The van der Waals surface area contributed by atoms with Crippen LogP contribution in [-0.4, -0.2) is 60.8 Å². The van der Waals surface area contributed by atoms with Crippen molar-refractivity contribution < 1.29 is 18.7 Å². The van der Waals surface area contributed by atoms with Gasteiger partial charge in [0.15, 0.2) is 0 Å². The van der Waals surface area contributed by atoms with Crippen molar-refractivity contribution in [2.75, 3.05) is 25.5 Å². The van der Waals surface area contributed by atoms with Crippen LogP contribution in [0.2, 0.25) is 0 Å². The molecule has 0 aromatic heterocycles. The average molecular weight is 392 g/mol. The molecule has 0 aliphatic carbocycles. The topological polar surface area (TPSA) is 65.3 Å². The van der Waals surface area contributed by atoms with E-state index < -0.39 is 13.0 Å². The van der Waals surface area contributed by atoms with Crippen molar-refractivity contribution in [1.82, 2.24) is 4.90 Å². The monoisotopic (exact) mass is 391 g/mol. The van der Waals surface area contributed by atoms with Crippen LogP contribution in [0.1, 0.15) is 0 Å². The fourth-order valence-corrected chi connectivity index (χ4v) is 2.44. The third-order valence-corrected chi connectivity index (χ3v) is 3.64. The maximum absolute atomic E-state index is 12.5. The Morgan fingerprint density at radius 2 is 2.20 bits per heavy atom. The first-order valence-electron chi connectivity index (χ1n) is 7.11. The molecule has 1 N–H and O–H groups in total. The van der Waals surface area contributed by atoms with Crippen molar-refractivity contribution in [1.29, 1.82) is 0 Å². The second-order valence-electron chi connectivity index (χ2n) is 4.93. The van der Waals surface area contributed by atoms with Gasteiger partial charge in [-0.2, -0.15) is 0 Å². The third-order valence-electron chi connectivity index (χ3n) is 3.11. The Balaban J connectivity index is 2.97. The van der Waals surface area contributed by atoms with E-state index in [1.54, 1.807) is 0 Å². The van der Waals surface area contributed by atoms with Gasteiger partial charge in [0.2, 0.25) is 0 Å². The smallest absolute Gasteiger partial charge is 0.257 e. The third kappa shape index (κ3) is 6.80. The summed E-state index contributed by atoms with van der Waals surface area (Å²) in [4.78, 5) is 21.1. The molecule has 1 aliphatic heterocycles. The van der Waals surface area contributed by atoms with Gasteiger partial charge < -0.3 is 10.0 Å². The molecule has 1 amide bonds. The van der Waals surface area contributed by atoms with Crippen LogP contribution in [0.25, 0.3) is 0 Å². The summed E-state index contributed by atoms with van der Waals surface area (Å²) in [6.45, 7) is 2.98. The fraction of sp³-hybridized carbons (Fsp3) is 0.312. The molecule has 0 bridgehead atoms. The van der Waals surface area contributed by atoms with Crippen molar-refractivity contribution in [2.45, 2.75) is 6.43 Å². The standard InChI is InChI=1S/C16H17Cl2F2N3O2/c1-21-3-2-14-12(5-17)9-23(16(14)25)8-11(4-13(18)10-24)6-22-7-15(19)20/h2-4,6,10,15,24H,1,5,7-9H2/b3-2-,11-4+,13-10-,22-6-. The Morgan fingerprint density at radius 1 is 1.48 bits per heavy atom. The van der Waals surface area contributed by atoms with Crippen LogP contribution < -0.4 is 0 Å². The molecule has 0 saturated heterocycles. The highest BCUT2D eigenvalue weighted by atomic mass is 35.5. The number of halogens is 4. The number of alkyl halides is 3. The minimum absolute atomic E-state index is 0.0216. The number of hydrogen-bond donors (Lipinski definition) is 1. The molecule has 0 unspecified atom stereocenters. The fourth-order valence-electron chi connectivity index (χ4n) is 2.08. The highest BCUT2D eigenvalue weighted by molar-refractivity contribution is 6.31. The molecule has 1 aliphatic rings. The quantitative estimate of drug-likeness (QED) is 0.283. The number of carbonyl (C=O) groups excluding carboxylic acids is 1. The van der Waals surface area contributed by atoms with Crippen molar-refractivity contribution in [2.24, 2.45) is 9.98 Å². The Bertz CT molecular complexity index is 656. The number of aliphatic hydroxyl groups excluding tert-OH is 1. The predicted molar refractivity (Wildman–Crippen MR) is 97.0 cm³/mol. The Labute approximate surface area is 154 Å². The number of amides is 1. The zero-order valence-corrected chi connectivity index (χ0v) is 14.7. The van der Waals surface area contributed by atoms with Gasteiger partial charge in [-0.25, -0.2) is 8.78 Å². The first kappa shape index (κ1) is 21.1. The highest BCUT2D eigenvalue weighted by Crippen LogP contribution is 2.22.